The van der Waals surface area contributed by atoms with Crippen molar-refractivity contribution < 1.29 is 9.90 Å². The number of nitrogens with two attached hydrogens (primary N) is 2. The van der Waals surface area contributed by atoms with E-state index >= 15 is 0 Å². The highest BCUT2D eigenvalue weighted by atomic mass is 35.5. The molecule has 0 heterocycles. The van der Waals surface area contributed by atoms with E-state index in [0.29, 0.717) is 19.3 Å². The molecule has 1 saturated carbocycles. The van der Waals surface area contributed by atoms with E-state index in [-0.39, 0.29) is 23.3 Å². The molecule has 0 aliphatic heterocycles. The van der Waals surface area contributed by atoms with Gasteiger partial charge in [-0.25, -0.2) is 4.99 Å². The quantitative estimate of drug-likeness (QED) is 0.349. The molecule has 0 radical (unpaired) electrons. The summed E-state index contributed by atoms with van der Waals surface area (Å²) in [5, 5.41) is 8.66. The van der Waals surface area contributed by atoms with Crippen molar-refractivity contribution >= 4 is 23.5 Å². The number of halogens is 1. The minimum Gasteiger partial charge on any atom is -0.481 e. The summed E-state index contributed by atoms with van der Waals surface area (Å²) in [6.45, 7) is 0. The summed E-state index contributed by atoms with van der Waals surface area (Å²) >= 11 is 5.99. The Labute approximate surface area is 87.1 Å². The second-order valence-corrected chi connectivity index (χ2v) is 4.05. The van der Waals surface area contributed by atoms with E-state index in [1.807, 2.05) is 0 Å². The van der Waals surface area contributed by atoms with E-state index in [1.165, 1.54) is 0 Å². The molecular formula is C8H14ClN3O2. The summed E-state index contributed by atoms with van der Waals surface area (Å²) in [6, 6.07) is -0.267. The molecule has 5 N–H and O–H groups in total. The number of hydrogen-bond donors (Lipinski definition) is 3. The third-order valence-electron chi connectivity index (χ3n) is 2.40. The lowest BCUT2D eigenvalue weighted by Crippen LogP contribution is -2.35. The number of alkyl halides is 1. The molecule has 0 saturated heterocycles. The van der Waals surface area contributed by atoms with Crippen LogP contribution in [0, 0.1) is 5.92 Å². The molecule has 0 amide bonds. The Hall–Kier alpha value is -0.970. The van der Waals surface area contributed by atoms with Crippen LogP contribution in [0.1, 0.15) is 19.3 Å². The van der Waals surface area contributed by atoms with Crippen LogP contribution in [0.25, 0.3) is 0 Å². The van der Waals surface area contributed by atoms with Crippen LogP contribution in [0.3, 0.4) is 0 Å². The molecule has 1 rings (SSSR count). The van der Waals surface area contributed by atoms with Gasteiger partial charge in [0, 0.05) is 0 Å². The Morgan fingerprint density at radius 3 is 2.57 bits per heavy atom. The molecular weight excluding hydrogens is 206 g/mol. The van der Waals surface area contributed by atoms with Crippen LogP contribution < -0.4 is 11.5 Å². The van der Waals surface area contributed by atoms with Crippen LogP contribution >= 0.6 is 11.6 Å². The fourth-order valence-electron chi connectivity index (χ4n) is 1.66. The number of hydrogen-bond acceptors (Lipinski definition) is 2. The number of carboxylic acid groups (broad SMARTS) is 1. The fourth-order valence-corrected chi connectivity index (χ4v) is 1.94. The van der Waals surface area contributed by atoms with E-state index in [1.54, 1.807) is 0 Å². The van der Waals surface area contributed by atoms with E-state index in [0.717, 1.165) is 0 Å². The highest BCUT2D eigenvalue weighted by Crippen LogP contribution is 2.30. The third-order valence-corrected chi connectivity index (χ3v) is 2.91. The molecule has 5 nitrogen and oxygen atoms in total. The standard InChI is InChI=1S/C8H14ClN3O2/c9-5-2-1-4(7(13)14)3-6(5)12-8(10)11/h4-6H,1-3H2,(H,13,14)(H4,10,11,12). The van der Waals surface area contributed by atoms with Crippen LogP contribution in [-0.2, 0) is 4.79 Å². The van der Waals surface area contributed by atoms with Crippen molar-refractivity contribution in [2.75, 3.05) is 0 Å². The first-order valence-electron chi connectivity index (χ1n) is 4.46. The summed E-state index contributed by atoms with van der Waals surface area (Å²) in [4.78, 5) is 14.7. The zero-order chi connectivity index (χ0) is 10.7. The average molecular weight is 220 g/mol. The molecule has 3 atom stereocenters. The molecule has 0 aromatic rings. The summed E-state index contributed by atoms with van der Waals surface area (Å²) < 4.78 is 0. The van der Waals surface area contributed by atoms with Crippen LogP contribution in [0.2, 0.25) is 0 Å². The van der Waals surface area contributed by atoms with Gasteiger partial charge < -0.3 is 16.6 Å². The van der Waals surface area contributed by atoms with Crippen molar-refractivity contribution in [3.63, 3.8) is 0 Å². The molecule has 0 spiro atoms. The fraction of sp³-hybridized carbons (Fsp3) is 0.750. The molecule has 0 bridgehead atoms. The highest BCUT2D eigenvalue weighted by molar-refractivity contribution is 6.21. The molecule has 1 aliphatic carbocycles. The third kappa shape index (κ3) is 2.77. The van der Waals surface area contributed by atoms with Gasteiger partial charge >= 0.3 is 5.97 Å². The van der Waals surface area contributed by atoms with Crippen molar-refractivity contribution in [1.29, 1.82) is 0 Å². The molecule has 1 fully saturated rings. The maximum absolute atomic E-state index is 10.7. The molecule has 0 aromatic heterocycles. The lowest BCUT2D eigenvalue weighted by atomic mass is 9.86. The van der Waals surface area contributed by atoms with Crippen LogP contribution in [0.4, 0.5) is 0 Å². The molecule has 3 unspecified atom stereocenters. The summed E-state index contributed by atoms with van der Waals surface area (Å²) in [5.41, 5.74) is 10.5. The largest absolute Gasteiger partial charge is 0.481 e. The van der Waals surface area contributed by atoms with Gasteiger partial charge in [0.2, 0.25) is 0 Å². The zero-order valence-electron chi connectivity index (χ0n) is 7.69. The van der Waals surface area contributed by atoms with Gasteiger partial charge in [0.1, 0.15) is 0 Å². The van der Waals surface area contributed by atoms with Crippen molar-refractivity contribution in [1.82, 2.24) is 0 Å². The summed E-state index contributed by atoms with van der Waals surface area (Å²) in [6.07, 6.45) is 1.65. The monoisotopic (exact) mass is 219 g/mol. The topological polar surface area (TPSA) is 102 Å². The summed E-state index contributed by atoms with van der Waals surface area (Å²) in [7, 11) is 0. The molecule has 80 valence electrons. The Morgan fingerprint density at radius 1 is 1.43 bits per heavy atom. The first-order chi connectivity index (χ1) is 6.50. The number of guanidine groups is 1. The van der Waals surface area contributed by atoms with Gasteiger partial charge in [-0.2, -0.15) is 0 Å². The highest BCUT2D eigenvalue weighted by Gasteiger charge is 2.32. The van der Waals surface area contributed by atoms with Crippen LogP contribution in [-0.4, -0.2) is 28.5 Å². The predicted octanol–water partition coefficient (Wildman–Crippen LogP) is 0.121. The maximum atomic E-state index is 10.7. The van der Waals surface area contributed by atoms with E-state index in [9.17, 15) is 4.79 Å². The van der Waals surface area contributed by atoms with E-state index in [2.05, 4.69) is 4.99 Å². The first-order valence-corrected chi connectivity index (χ1v) is 4.90. The number of rotatable bonds is 2. The van der Waals surface area contributed by atoms with Gasteiger partial charge in [-0.3, -0.25) is 4.79 Å². The second kappa shape index (κ2) is 4.50. The molecule has 1 aliphatic rings. The predicted molar refractivity (Wildman–Crippen MR) is 54.2 cm³/mol. The molecule has 14 heavy (non-hydrogen) atoms. The minimum atomic E-state index is -0.802. The van der Waals surface area contributed by atoms with Crippen molar-refractivity contribution in [2.45, 2.75) is 30.7 Å². The smallest absolute Gasteiger partial charge is 0.306 e. The summed E-state index contributed by atoms with van der Waals surface area (Å²) in [5.74, 6) is -1.21. The van der Waals surface area contributed by atoms with Gasteiger partial charge in [-0.1, -0.05) is 0 Å². The Balaban J connectivity index is 2.64. The van der Waals surface area contributed by atoms with Gasteiger partial charge in [0.25, 0.3) is 0 Å². The number of nitrogens with zero attached hydrogens (tertiary/aromatic N) is 1. The molecule has 0 aromatic carbocycles. The lowest BCUT2D eigenvalue weighted by Gasteiger charge is -2.28. The Kier molecular flexibility index (Phi) is 3.57. The van der Waals surface area contributed by atoms with Gasteiger partial charge in [-0.05, 0) is 19.3 Å². The van der Waals surface area contributed by atoms with Crippen molar-refractivity contribution in [2.24, 2.45) is 22.4 Å². The zero-order valence-corrected chi connectivity index (χ0v) is 8.44. The van der Waals surface area contributed by atoms with Gasteiger partial charge in [0.05, 0.1) is 17.3 Å². The number of carboxylic acids is 1. The van der Waals surface area contributed by atoms with Crippen molar-refractivity contribution in [3.8, 4) is 0 Å². The number of aliphatic imine (C=N–C) groups is 1. The first kappa shape index (κ1) is 11.1. The Bertz CT molecular complexity index is 253. The maximum Gasteiger partial charge on any atom is 0.306 e. The molecule has 6 heteroatoms. The normalized spacial score (nSPS) is 32.2. The van der Waals surface area contributed by atoms with Crippen LogP contribution in [0.15, 0.2) is 4.99 Å². The number of carbonyl (C=O) groups is 1. The van der Waals surface area contributed by atoms with Crippen molar-refractivity contribution in [3.05, 3.63) is 0 Å². The minimum absolute atomic E-state index is 0.0355. The second-order valence-electron chi connectivity index (χ2n) is 3.49. The van der Waals surface area contributed by atoms with E-state index in [4.69, 9.17) is 28.2 Å². The van der Waals surface area contributed by atoms with Gasteiger partial charge in [-0.15, -0.1) is 11.6 Å². The van der Waals surface area contributed by atoms with Crippen LogP contribution in [0.5, 0.6) is 0 Å². The lowest BCUT2D eigenvalue weighted by molar-refractivity contribution is -0.142. The Morgan fingerprint density at radius 2 is 2.07 bits per heavy atom. The SMILES string of the molecule is NC(N)=NC1CC(C(=O)O)CCC1Cl. The van der Waals surface area contributed by atoms with E-state index < -0.39 is 5.97 Å². The average Bonchev–Trinajstić information content (AvgIpc) is 2.07. The van der Waals surface area contributed by atoms with Gasteiger partial charge in [0.15, 0.2) is 5.96 Å². The number of aliphatic carboxylic acids is 1.